The van der Waals surface area contributed by atoms with Crippen molar-refractivity contribution in [3.63, 3.8) is 0 Å². The van der Waals surface area contributed by atoms with E-state index in [1.807, 2.05) is 6.92 Å². The standard InChI is InChI=1S/C14H25N3/c1-6-12(7-2)17(5)14-13(9-15)10(3)8-11(4)16-14/h8,12H,6-7,9,15H2,1-5H3. The SMILES string of the molecule is CCC(CC)N(C)c1nc(C)cc(C)c1CN. The molecule has 0 radical (unpaired) electrons. The maximum atomic E-state index is 5.86. The zero-order chi connectivity index (χ0) is 13.0. The number of nitrogens with two attached hydrogens (primary N) is 1. The summed E-state index contributed by atoms with van der Waals surface area (Å²) in [7, 11) is 2.12. The molecule has 0 saturated heterocycles. The fourth-order valence-electron chi connectivity index (χ4n) is 2.40. The fraction of sp³-hybridized carbons (Fsp3) is 0.643. The van der Waals surface area contributed by atoms with Gasteiger partial charge in [0.05, 0.1) is 0 Å². The molecule has 1 aromatic rings. The van der Waals surface area contributed by atoms with Crippen LogP contribution in [0.4, 0.5) is 5.82 Å². The van der Waals surface area contributed by atoms with Crippen LogP contribution in [0.25, 0.3) is 0 Å². The van der Waals surface area contributed by atoms with Crippen molar-refractivity contribution in [2.75, 3.05) is 11.9 Å². The van der Waals surface area contributed by atoms with Crippen molar-refractivity contribution in [3.8, 4) is 0 Å². The maximum Gasteiger partial charge on any atom is 0.133 e. The maximum absolute atomic E-state index is 5.86. The lowest BCUT2D eigenvalue weighted by atomic mass is 10.1. The van der Waals surface area contributed by atoms with E-state index in [4.69, 9.17) is 5.73 Å². The molecule has 0 saturated carbocycles. The van der Waals surface area contributed by atoms with Gasteiger partial charge < -0.3 is 10.6 Å². The molecule has 1 heterocycles. The molecule has 0 atom stereocenters. The van der Waals surface area contributed by atoms with Crippen molar-refractivity contribution < 1.29 is 0 Å². The van der Waals surface area contributed by atoms with Gasteiger partial charge in [-0.3, -0.25) is 0 Å². The largest absolute Gasteiger partial charge is 0.356 e. The molecule has 0 aliphatic heterocycles. The fourth-order valence-corrected chi connectivity index (χ4v) is 2.40. The Labute approximate surface area is 105 Å². The van der Waals surface area contributed by atoms with Crippen LogP contribution in [-0.2, 0) is 6.54 Å². The average Bonchev–Trinajstić information content (AvgIpc) is 2.29. The Hall–Kier alpha value is -1.09. The van der Waals surface area contributed by atoms with E-state index in [9.17, 15) is 0 Å². The van der Waals surface area contributed by atoms with Gasteiger partial charge in [0, 0.05) is 30.9 Å². The van der Waals surface area contributed by atoms with Crippen molar-refractivity contribution in [3.05, 3.63) is 22.9 Å². The first-order valence-corrected chi connectivity index (χ1v) is 6.45. The molecule has 17 heavy (non-hydrogen) atoms. The zero-order valence-electron chi connectivity index (χ0n) is 11.7. The quantitative estimate of drug-likeness (QED) is 0.853. The van der Waals surface area contributed by atoms with E-state index < -0.39 is 0 Å². The Morgan fingerprint density at radius 2 is 1.88 bits per heavy atom. The summed E-state index contributed by atoms with van der Waals surface area (Å²) in [5, 5.41) is 0. The number of anilines is 1. The monoisotopic (exact) mass is 235 g/mol. The van der Waals surface area contributed by atoms with Gasteiger partial charge in [0.25, 0.3) is 0 Å². The molecule has 1 aromatic heterocycles. The molecule has 3 heteroatoms. The number of pyridine rings is 1. The molecular formula is C14H25N3. The molecule has 0 unspecified atom stereocenters. The van der Waals surface area contributed by atoms with Crippen molar-refractivity contribution in [2.45, 2.75) is 53.1 Å². The van der Waals surface area contributed by atoms with Gasteiger partial charge in [-0.15, -0.1) is 0 Å². The number of aryl methyl sites for hydroxylation is 2. The number of nitrogens with zero attached hydrogens (tertiary/aromatic N) is 2. The van der Waals surface area contributed by atoms with Crippen LogP contribution in [-0.4, -0.2) is 18.1 Å². The minimum atomic E-state index is 0.536. The normalized spacial score (nSPS) is 11.0. The number of rotatable bonds is 5. The smallest absolute Gasteiger partial charge is 0.133 e. The molecule has 0 aromatic carbocycles. The van der Waals surface area contributed by atoms with Crippen LogP contribution in [0.5, 0.6) is 0 Å². The molecular weight excluding hydrogens is 210 g/mol. The van der Waals surface area contributed by atoms with Crippen LogP contribution in [0, 0.1) is 13.8 Å². The highest BCUT2D eigenvalue weighted by molar-refractivity contribution is 5.51. The minimum Gasteiger partial charge on any atom is -0.356 e. The van der Waals surface area contributed by atoms with E-state index in [1.165, 1.54) is 11.1 Å². The Balaban J connectivity index is 3.19. The predicted octanol–water partition coefficient (Wildman–Crippen LogP) is 2.78. The Kier molecular flexibility index (Phi) is 4.94. The van der Waals surface area contributed by atoms with Crippen molar-refractivity contribution in [1.82, 2.24) is 4.98 Å². The van der Waals surface area contributed by atoms with Crippen molar-refractivity contribution in [2.24, 2.45) is 5.73 Å². The van der Waals surface area contributed by atoms with Gasteiger partial charge in [0.2, 0.25) is 0 Å². The van der Waals surface area contributed by atoms with E-state index in [0.29, 0.717) is 12.6 Å². The topological polar surface area (TPSA) is 42.2 Å². The van der Waals surface area contributed by atoms with Gasteiger partial charge >= 0.3 is 0 Å². The Morgan fingerprint density at radius 3 is 2.35 bits per heavy atom. The number of hydrogen-bond acceptors (Lipinski definition) is 3. The first-order valence-electron chi connectivity index (χ1n) is 6.45. The van der Waals surface area contributed by atoms with Crippen LogP contribution in [0.15, 0.2) is 6.07 Å². The summed E-state index contributed by atoms with van der Waals surface area (Å²) in [6, 6.07) is 2.64. The lowest BCUT2D eigenvalue weighted by molar-refractivity contribution is 0.584. The van der Waals surface area contributed by atoms with Gasteiger partial charge in [-0.25, -0.2) is 4.98 Å². The van der Waals surface area contributed by atoms with Crippen LogP contribution >= 0.6 is 0 Å². The highest BCUT2D eigenvalue weighted by atomic mass is 15.2. The third-order valence-corrected chi connectivity index (χ3v) is 3.48. The molecule has 1 rings (SSSR count). The van der Waals surface area contributed by atoms with Crippen LogP contribution in [0.3, 0.4) is 0 Å². The van der Waals surface area contributed by atoms with Crippen LogP contribution < -0.4 is 10.6 Å². The molecule has 96 valence electrons. The van der Waals surface area contributed by atoms with E-state index in [-0.39, 0.29) is 0 Å². The third kappa shape index (κ3) is 2.97. The molecule has 2 N–H and O–H groups in total. The van der Waals surface area contributed by atoms with E-state index in [1.54, 1.807) is 0 Å². The Morgan fingerprint density at radius 1 is 1.29 bits per heavy atom. The summed E-state index contributed by atoms with van der Waals surface area (Å²) in [6.07, 6.45) is 2.26. The molecule has 0 fully saturated rings. The summed E-state index contributed by atoms with van der Waals surface area (Å²) < 4.78 is 0. The second kappa shape index (κ2) is 6.01. The zero-order valence-corrected chi connectivity index (χ0v) is 11.7. The summed E-state index contributed by atoms with van der Waals surface area (Å²) in [5.41, 5.74) is 9.33. The second-order valence-corrected chi connectivity index (χ2v) is 4.67. The van der Waals surface area contributed by atoms with Crippen molar-refractivity contribution >= 4 is 5.82 Å². The van der Waals surface area contributed by atoms with E-state index in [0.717, 1.165) is 24.4 Å². The van der Waals surface area contributed by atoms with Gasteiger partial charge in [-0.05, 0) is 38.3 Å². The second-order valence-electron chi connectivity index (χ2n) is 4.67. The predicted molar refractivity (Wildman–Crippen MR) is 74.4 cm³/mol. The summed E-state index contributed by atoms with van der Waals surface area (Å²) in [4.78, 5) is 6.95. The molecule has 0 spiro atoms. The Bertz CT molecular complexity index is 370. The first kappa shape index (κ1) is 14.0. The third-order valence-electron chi connectivity index (χ3n) is 3.48. The van der Waals surface area contributed by atoms with Crippen LogP contribution in [0.2, 0.25) is 0 Å². The van der Waals surface area contributed by atoms with E-state index >= 15 is 0 Å². The lowest BCUT2D eigenvalue weighted by Crippen LogP contribution is -2.32. The molecule has 0 amide bonds. The first-order chi connectivity index (χ1) is 8.04. The lowest BCUT2D eigenvalue weighted by Gasteiger charge is -2.30. The van der Waals surface area contributed by atoms with Gasteiger partial charge in [0.15, 0.2) is 0 Å². The minimum absolute atomic E-state index is 0.536. The highest BCUT2D eigenvalue weighted by Crippen LogP contribution is 2.24. The molecule has 0 aliphatic rings. The average molecular weight is 235 g/mol. The highest BCUT2D eigenvalue weighted by Gasteiger charge is 2.17. The van der Waals surface area contributed by atoms with Gasteiger partial charge in [0.1, 0.15) is 5.82 Å². The van der Waals surface area contributed by atoms with Gasteiger partial charge in [-0.2, -0.15) is 0 Å². The molecule has 0 bridgehead atoms. The van der Waals surface area contributed by atoms with E-state index in [2.05, 4.69) is 43.8 Å². The number of hydrogen-bond donors (Lipinski definition) is 1. The summed E-state index contributed by atoms with van der Waals surface area (Å²) in [5.74, 6) is 1.05. The van der Waals surface area contributed by atoms with Crippen LogP contribution in [0.1, 0.15) is 43.5 Å². The van der Waals surface area contributed by atoms with Crippen molar-refractivity contribution in [1.29, 1.82) is 0 Å². The molecule has 0 aliphatic carbocycles. The number of aromatic nitrogens is 1. The summed E-state index contributed by atoms with van der Waals surface area (Å²) >= 11 is 0. The molecule has 3 nitrogen and oxygen atoms in total. The van der Waals surface area contributed by atoms with Gasteiger partial charge in [-0.1, -0.05) is 13.8 Å². The summed E-state index contributed by atoms with van der Waals surface area (Å²) in [6.45, 7) is 9.14.